The summed E-state index contributed by atoms with van der Waals surface area (Å²) in [6, 6.07) is 6.56. The van der Waals surface area contributed by atoms with E-state index in [0.717, 1.165) is 81.6 Å². The third-order valence-corrected chi connectivity index (χ3v) is 6.97. The molecule has 31 heavy (non-hydrogen) atoms. The first kappa shape index (κ1) is 20.5. The van der Waals surface area contributed by atoms with Gasteiger partial charge >= 0.3 is 0 Å². The molecule has 0 radical (unpaired) electrons. The molecule has 0 saturated carbocycles. The molecule has 2 aromatic heterocycles. The molecule has 0 aliphatic carbocycles. The fraction of sp³-hybridized carbons (Fsp3) is 0.522. The maximum atomic E-state index is 6.28. The van der Waals surface area contributed by atoms with Crippen molar-refractivity contribution in [2.45, 2.75) is 38.7 Å². The molecule has 2 aliphatic rings. The second-order valence-electron chi connectivity index (χ2n) is 8.31. The van der Waals surface area contributed by atoms with Crippen molar-refractivity contribution in [3.05, 3.63) is 36.2 Å². The molecule has 2 fully saturated rings. The minimum Gasteiger partial charge on any atom is -0.467 e. The van der Waals surface area contributed by atoms with Crippen LogP contribution in [0.5, 0.6) is 5.19 Å². The van der Waals surface area contributed by atoms with Crippen LogP contribution in [0.4, 0.5) is 11.6 Å². The normalized spacial score (nSPS) is 18.0. The van der Waals surface area contributed by atoms with Gasteiger partial charge in [-0.2, -0.15) is 0 Å². The van der Waals surface area contributed by atoms with E-state index in [1.807, 2.05) is 12.4 Å². The van der Waals surface area contributed by atoms with Gasteiger partial charge in [0.25, 0.3) is 5.19 Å². The number of aromatic nitrogens is 3. The maximum Gasteiger partial charge on any atom is 0.274 e. The average Bonchev–Trinajstić information content (AvgIpc) is 3.22. The first-order valence-electron chi connectivity index (χ1n) is 11.4. The molecule has 0 unspecified atom stereocenters. The second-order valence-corrected chi connectivity index (χ2v) is 9.31. The third-order valence-electron chi connectivity index (χ3n) is 6.06. The first-order valence-corrected chi connectivity index (χ1v) is 12.2. The Balaban J connectivity index is 1.19. The van der Waals surface area contributed by atoms with Gasteiger partial charge in [0.1, 0.15) is 6.10 Å². The molecular formula is C23H30N6OS. The monoisotopic (exact) mass is 438 g/mol. The zero-order chi connectivity index (χ0) is 21.0. The van der Waals surface area contributed by atoms with Crippen molar-refractivity contribution in [2.24, 2.45) is 0 Å². The first-order chi connectivity index (χ1) is 15.3. The van der Waals surface area contributed by atoms with Crippen LogP contribution in [0.15, 0.2) is 30.6 Å². The second kappa shape index (κ2) is 9.36. The van der Waals surface area contributed by atoms with Crippen LogP contribution in [0, 0.1) is 0 Å². The highest BCUT2D eigenvalue weighted by atomic mass is 32.1. The lowest BCUT2D eigenvalue weighted by Crippen LogP contribution is -2.43. The number of piperidine rings is 1. The average molecular weight is 439 g/mol. The summed E-state index contributed by atoms with van der Waals surface area (Å²) >= 11 is 1.66. The summed E-state index contributed by atoms with van der Waals surface area (Å²) in [7, 11) is 0. The molecule has 0 spiro atoms. The lowest BCUT2D eigenvalue weighted by molar-refractivity contribution is 0.170. The van der Waals surface area contributed by atoms with E-state index in [-0.39, 0.29) is 6.10 Å². The van der Waals surface area contributed by atoms with E-state index < -0.39 is 0 Å². The summed E-state index contributed by atoms with van der Waals surface area (Å²) in [6.45, 7) is 8.19. The van der Waals surface area contributed by atoms with Crippen LogP contribution in [-0.4, -0.2) is 60.3 Å². The van der Waals surface area contributed by atoms with Gasteiger partial charge in [-0.25, -0.2) is 15.0 Å². The molecular weight excluding hydrogens is 408 g/mol. The van der Waals surface area contributed by atoms with Crippen molar-refractivity contribution in [2.75, 3.05) is 49.1 Å². The topological polar surface area (TPSA) is 66.4 Å². The van der Waals surface area contributed by atoms with Crippen LogP contribution < -0.4 is 19.9 Å². The number of nitrogens with zero attached hydrogens (tertiary/aromatic N) is 5. The van der Waals surface area contributed by atoms with Gasteiger partial charge < -0.3 is 19.9 Å². The summed E-state index contributed by atoms with van der Waals surface area (Å²) in [5.74, 6) is 0.832. The molecule has 0 amide bonds. The largest absolute Gasteiger partial charge is 0.467 e. The Morgan fingerprint density at radius 1 is 1.06 bits per heavy atom. The highest BCUT2D eigenvalue weighted by Crippen LogP contribution is 2.33. The van der Waals surface area contributed by atoms with Gasteiger partial charge in [-0.05, 0) is 30.2 Å². The Labute approximate surface area is 187 Å². The van der Waals surface area contributed by atoms with Crippen LogP contribution in [0.1, 0.15) is 31.7 Å². The number of benzene rings is 1. The summed E-state index contributed by atoms with van der Waals surface area (Å²) in [5.41, 5.74) is 3.51. The number of nitrogens with one attached hydrogen (secondary N) is 1. The molecule has 3 aromatic rings. The van der Waals surface area contributed by atoms with Crippen molar-refractivity contribution in [3.63, 3.8) is 0 Å². The molecule has 0 atom stereocenters. The lowest BCUT2D eigenvalue weighted by atomic mass is 10.1. The van der Waals surface area contributed by atoms with Gasteiger partial charge in [-0.1, -0.05) is 24.7 Å². The van der Waals surface area contributed by atoms with Gasteiger partial charge in [0.15, 0.2) is 0 Å². The van der Waals surface area contributed by atoms with Crippen molar-refractivity contribution in [3.8, 4) is 5.19 Å². The molecule has 0 bridgehead atoms. The predicted molar refractivity (Wildman–Crippen MR) is 127 cm³/mol. The van der Waals surface area contributed by atoms with E-state index in [9.17, 15) is 0 Å². The summed E-state index contributed by atoms with van der Waals surface area (Å²) < 4.78 is 7.48. The molecule has 4 heterocycles. The van der Waals surface area contributed by atoms with Crippen molar-refractivity contribution in [1.82, 2.24) is 20.3 Å². The fourth-order valence-electron chi connectivity index (χ4n) is 4.31. The van der Waals surface area contributed by atoms with Gasteiger partial charge in [0.05, 0.1) is 10.2 Å². The van der Waals surface area contributed by atoms with Crippen LogP contribution in [0.3, 0.4) is 0 Å². The van der Waals surface area contributed by atoms with Gasteiger partial charge in [0, 0.05) is 70.2 Å². The summed E-state index contributed by atoms with van der Waals surface area (Å²) in [6.07, 6.45) is 8.20. The molecule has 164 valence electrons. The predicted octanol–water partition coefficient (Wildman–Crippen LogP) is 3.50. The number of aryl methyl sites for hydroxylation is 1. The zero-order valence-corrected chi connectivity index (χ0v) is 18.9. The molecule has 1 aromatic carbocycles. The third kappa shape index (κ3) is 4.75. The van der Waals surface area contributed by atoms with Crippen molar-refractivity contribution < 1.29 is 4.74 Å². The van der Waals surface area contributed by atoms with Gasteiger partial charge in [-0.3, -0.25) is 0 Å². The van der Waals surface area contributed by atoms with Gasteiger partial charge in [0.2, 0.25) is 5.95 Å². The Morgan fingerprint density at radius 3 is 2.58 bits per heavy atom. The van der Waals surface area contributed by atoms with E-state index in [2.05, 4.69) is 50.2 Å². The SMILES string of the molecule is CCCc1cnc(N2CCC(Oc3nc4ccc(N5CCNCC5)cc4s3)CC2)nc1. The molecule has 7 nitrogen and oxygen atoms in total. The Bertz CT molecular complexity index is 993. The van der Waals surface area contributed by atoms with Crippen molar-refractivity contribution >= 4 is 33.2 Å². The number of rotatable bonds is 6. The van der Waals surface area contributed by atoms with E-state index >= 15 is 0 Å². The molecule has 8 heteroatoms. The number of ether oxygens (including phenoxy) is 1. The summed E-state index contributed by atoms with van der Waals surface area (Å²) in [4.78, 5) is 18.5. The quantitative estimate of drug-likeness (QED) is 0.632. The van der Waals surface area contributed by atoms with Crippen LogP contribution in [0.25, 0.3) is 10.2 Å². The van der Waals surface area contributed by atoms with Crippen LogP contribution >= 0.6 is 11.3 Å². The van der Waals surface area contributed by atoms with E-state index in [1.165, 1.54) is 16.0 Å². The standard InChI is InChI=1S/C23H30N6OS/c1-2-3-17-15-25-22(26-16-17)29-10-6-19(7-11-29)30-23-27-20-5-4-18(14-21(20)31-23)28-12-8-24-9-13-28/h4-5,14-16,19,24H,2-3,6-13H2,1H3. The van der Waals surface area contributed by atoms with E-state index in [1.54, 1.807) is 11.3 Å². The van der Waals surface area contributed by atoms with E-state index in [0.29, 0.717) is 0 Å². The molecule has 2 saturated heterocycles. The highest BCUT2D eigenvalue weighted by Gasteiger charge is 2.23. The molecule has 5 rings (SSSR count). The number of piperazine rings is 1. The Morgan fingerprint density at radius 2 is 1.84 bits per heavy atom. The Kier molecular flexibility index (Phi) is 6.18. The number of hydrogen-bond donors (Lipinski definition) is 1. The lowest BCUT2D eigenvalue weighted by Gasteiger charge is -2.31. The highest BCUT2D eigenvalue weighted by molar-refractivity contribution is 7.20. The Hall–Kier alpha value is -2.45. The van der Waals surface area contributed by atoms with Gasteiger partial charge in [-0.15, -0.1) is 0 Å². The minimum absolute atomic E-state index is 0.198. The maximum absolute atomic E-state index is 6.28. The fourth-order valence-corrected chi connectivity index (χ4v) is 5.22. The molecule has 2 aliphatic heterocycles. The smallest absolute Gasteiger partial charge is 0.274 e. The minimum atomic E-state index is 0.198. The molecule has 1 N–H and O–H groups in total. The summed E-state index contributed by atoms with van der Waals surface area (Å²) in [5, 5.41) is 4.19. The number of anilines is 2. The zero-order valence-electron chi connectivity index (χ0n) is 18.1. The van der Waals surface area contributed by atoms with Crippen LogP contribution in [-0.2, 0) is 6.42 Å². The van der Waals surface area contributed by atoms with Crippen LogP contribution in [0.2, 0.25) is 0 Å². The number of hydrogen-bond acceptors (Lipinski definition) is 8. The van der Waals surface area contributed by atoms with E-state index in [4.69, 9.17) is 9.72 Å². The van der Waals surface area contributed by atoms with Crippen molar-refractivity contribution in [1.29, 1.82) is 0 Å². The number of fused-ring (bicyclic) bond motifs is 1. The number of thiazole rings is 1.